The van der Waals surface area contributed by atoms with E-state index in [0.717, 1.165) is 13.0 Å². The van der Waals surface area contributed by atoms with Crippen LogP contribution in [0.15, 0.2) is 18.2 Å². The zero-order valence-corrected chi connectivity index (χ0v) is 12.9. The van der Waals surface area contributed by atoms with Crippen molar-refractivity contribution < 1.29 is 13.9 Å². The summed E-state index contributed by atoms with van der Waals surface area (Å²) in [6.45, 7) is 4.62. The first-order valence-corrected chi connectivity index (χ1v) is 7.29. The van der Waals surface area contributed by atoms with E-state index in [1.165, 1.54) is 6.07 Å². The van der Waals surface area contributed by atoms with Crippen LogP contribution in [0.1, 0.15) is 18.9 Å². The molecule has 0 spiro atoms. The number of nitrogens with one attached hydrogen (secondary N) is 1. The highest BCUT2D eigenvalue weighted by atomic mass is 35.5. The number of rotatable bonds is 10. The van der Waals surface area contributed by atoms with E-state index in [2.05, 4.69) is 12.2 Å². The van der Waals surface area contributed by atoms with E-state index in [1.54, 1.807) is 19.2 Å². The van der Waals surface area contributed by atoms with E-state index >= 15 is 0 Å². The summed E-state index contributed by atoms with van der Waals surface area (Å²) in [6.07, 6.45) is 1.60. The second-order valence-corrected chi connectivity index (χ2v) is 5.10. The Bertz CT molecular complexity index is 390. The second-order valence-electron chi connectivity index (χ2n) is 4.66. The molecule has 0 radical (unpaired) electrons. The van der Waals surface area contributed by atoms with Gasteiger partial charge in [0.15, 0.2) is 0 Å². The lowest BCUT2D eigenvalue weighted by Crippen LogP contribution is -2.36. The van der Waals surface area contributed by atoms with Crippen LogP contribution in [0, 0.1) is 5.82 Å². The number of halogens is 2. The molecule has 1 unspecified atom stereocenters. The van der Waals surface area contributed by atoms with Crippen molar-refractivity contribution in [3.63, 3.8) is 0 Å². The first-order valence-electron chi connectivity index (χ1n) is 6.91. The molecule has 114 valence electrons. The highest BCUT2D eigenvalue weighted by Gasteiger charge is 2.12. The minimum atomic E-state index is -0.266. The normalized spacial score (nSPS) is 12.6. The maximum absolute atomic E-state index is 13.8. The first-order chi connectivity index (χ1) is 9.67. The first kappa shape index (κ1) is 17.4. The fourth-order valence-electron chi connectivity index (χ4n) is 1.86. The van der Waals surface area contributed by atoms with Gasteiger partial charge in [0, 0.05) is 18.2 Å². The third-order valence-corrected chi connectivity index (χ3v) is 3.15. The molecular weight excluding hydrogens is 281 g/mol. The molecule has 1 rings (SSSR count). The predicted molar refractivity (Wildman–Crippen MR) is 79.9 cm³/mol. The molecule has 0 heterocycles. The Hall–Kier alpha value is -0.680. The van der Waals surface area contributed by atoms with Gasteiger partial charge in [0.1, 0.15) is 5.82 Å². The van der Waals surface area contributed by atoms with Crippen molar-refractivity contribution in [1.82, 2.24) is 5.32 Å². The minimum Gasteiger partial charge on any atom is -0.382 e. The van der Waals surface area contributed by atoms with Crippen molar-refractivity contribution in [2.24, 2.45) is 0 Å². The van der Waals surface area contributed by atoms with Crippen LogP contribution < -0.4 is 5.32 Å². The van der Waals surface area contributed by atoms with Gasteiger partial charge in [0.2, 0.25) is 0 Å². The summed E-state index contributed by atoms with van der Waals surface area (Å²) in [5.41, 5.74) is 0.651. The Morgan fingerprint density at radius 3 is 2.80 bits per heavy atom. The molecule has 3 nitrogen and oxygen atoms in total. The molecule has 0 amide bonds. The Kier molecular flexibility index (Phi) is 8.78. The van der Waals surface area contributed by atoms with Gasteiger partial charge in [-0.2, -0.15) is 0 Å². The molecule has 0 aliphatic carbocycles. The van der Waals surface area contributed by atoms with Gasteiger partial charge in [-0.05, 0) is 37.1 Å². The van der Waals surface area contributed by atoms with Crippen LogP contribution in [0.5, 0.6) is 0 Å². The molecule has 1 aromatic rings. The topological polar surface area (TPSA) is 30.5 Å². The average Bonchev–Trinajstić information content (AvgIpc) is 2.43. The van der Waals surface area contributed by atoms with Crippen LogP contribution in [0.25, 0.3) is 0 Å². The zero-order valence-electron chi connectivity index (χ0n) is 12.1. The molecule has 1 N–H and O–H groups in total. The number of hydrogen-bond acceptors (Lipinski definition) is 3. The quantitative estimate of drug-likeness (QED) is 0.674. The van der Waals surface area contributed by atoms with Gasteiger partial charge >= 0.3 is 0 Å². The van der Waals surface area contributed by atoms with Crippen molar-refractivity contribution in [3.05, 3.63) is 34.6 Å². The third kappa shape index (κ3) is 6.66. The van der Waals surface area contributed by atoms with Crippen LogP contribution >= 0.6 is 11.6 Å². The molecule has 0 bridgehead atoms. The van der Waals surface area contributed by atoms with Crippen LogP contribution in [-0.4, -0.2) is 39.5 Å². The Balaban J connectivity index is 2.53. The number of methoxy groups -OCH3 is 1. The lowest BCUT2D eigenvalue weighted by atomic mass is 10.1. The standard InChI is InChI=1S/C15H23ClFNO2/c1-3-6-18-14(11-20-8-7-19-2)9-12-4-5-13(16)10-15(12)17/h4-5,10,14,18H,3,6-9,11H2,1-2H3. The van der Waals surface area contributed by atoms with E-state index < -0.39 is 0 Å². The molecule has 1 aromatic carbocycles. The molecule has 0 aliphatic rings. The van der Waals surface area contributed by atoms with Gasteiger partial charge in [-0.25, -0.2) is 4.39 Å². The molecule has 0 saturated carbocycles. The van der Waals surface area contributed by atoms with E-state index in [0.29, 0.717) is 36.8 Å². The predicted octanol–water partition coefficient (Wildman–Crippen LogP) is 3.05. The summed E-state index contributed by atoms with van der Waals surface area (Å²) < 4.78 is 24.3. The summed E-state index contributed by atoms with van der Waals surface area (Å²) in [5.74, 6) is -0.266. The Labute approximate surface area is 125 Å². The lowest BCUT2D eigenvalue weighted by Gasteiger charge is -2.19. The van der Waals surface area contributed by atoms with E-state index in [1.807, 2.05) is 0 Å². The minimum absolute atomic E-state index is 0.0856. The highest BCUT2D eigenvalue weighted by Crippen LogP contribution is 2.16. The molecule has 1 atom stereocenters. The Morgan fingerprint density at radius 2 is 2.15 bits per heavy atom. The molecule has 20 heavy (non-hydrogen) atoms. The van der Waals surface area contributed by atoms with Crippen LogP contribution in [0.3, 0.4) is 0 Å². The number of hydrogen-bond donors (Lipinski definition) is 1. The third-order valence-electron chi connectivity index (χ3n) is 2.92. The van der Waals surface area contributed by atoms with Crippen molar-refractivity contribution in [1.29, 1.82) is 0 Å². The molecular formula is C15H23ClFNO2. The van der Waals surface area contributed by atoms with Gasteiger partial charge in [-0.15, -0.1) is 0 Å². The maximum Gasteiger partial charge on any atom is 0.127 e. The van der Waals surface area contributed by atoms with Gasteiger partial charge in [0.25, 0.3) is 0 Å². The van der Waals surface area contributed by atoms with Crippen LogP contribution in [0.2, 0.25) is 5.02 Å². The average molecular weight is 304 g/mol. The lowest BCUT2D eigenvalue weighted by molar-refractivity contribution is 0.0586. The second kappa shape index (κ2) is 10.1. The summed E-state index contributed by atoms with van der Waals surface area (Å²) in [6, 6.07) is 4.87. The van der Waals surface area contributed by atoms with E-state index in [-0.39, 0.29) is 11.9 Å². The molecule has 0 aliphatic heterocycles. The maximum atomic E-state index is 13.8. The number of benzene rings is 1. The zero-order chi connectivity index (χ0) is 14.8. The Morgan fingerprint density at radius 1 is 1.35 bits per heavy atom. The molecule has 0 aromatic heterocycles. The van der Waals surface area contributed by atoms with Crippen molar-refractivity contribution in [2.45, 2.75) is 25.8 Å². The van der Waals surface area contributed by atoms with Crippen molar-refractivity contribution >= 4 is 11.6 Å². The van der Waals surface area contributed by atoms with E-state index in [4.69, 9.17) is 21.1 Å². The van der Waals surface area contributed by atoms with Gasteiger partial charge in [-0.3, -0.25) is 0 Å². The smallest absolute Gasteiger partial charge is 0.127 e. The van der Waals surface area contributed by atoms with E-state index in [9.17, 15) is 4.39 Å². The number of ether oxygens (including phenoxy) is 2. The largest absolute Gasteiger partial charge is 0.382 e. The summed E-state index contributed by atoms with van der Waals surface area (Å²) in [5, 5.41) is 3.79. The molecule has 0 saturated heterocycles. The summed E-state index contributed by atoms with van der Waals surface area (Å²) in [4.78, 5) is 0. The van der Waals surface area contributed by atoms with Crippen molar-refractivity contribution in [3.8, 4) is 0 Å². The highest BCUT2D eigenvalue weighted by molar-refractivity contribution is 6.30. The fraction of sp³-hybridized carbons (Fsp3) is 0.600. The van der Waals surface area contributed by atoms with Crippen LogP contribution in [-0.2, 0) is 15.9 Å². The monoisotopic (exact) mass is 303 g/mol. The van der Waals surface area contributed by atoms with Gasteiger partial charge < -0.3 is 14.8 Å². The molecule has 0 fully saturated rings. The summed E-state index contributed by atoms with van der Waals surface area (Å²) >= 11 is 5.76. The summed E-state index contributed by atoms with van der Waals surface area (Å²) in [7, 11) is 1.64. The SMILES string of the molecule is CCCNC(COCCOC)Cc1ccc(Cl)cc1F. The van der Waals surface area contributed by atoms with Crippen LogP contribution in [0.4, 0.5) is 4.39 Å². The molecule has 5 heteroatoms. The van der Waals surface area contributed by atoms with Crippen molar-refractivity contribution in [2.75, 3.05) is 33.5 Å². The van der Waals surface area contributed by atoms with Gasteiger partial charge in [-0.1, -0.05) is 24.6 Å². The fourth-order valence-corrected chi connectivity index (χ4v) is 2.02. The van der Waals surface area contributed by atoms with Gasteiger partial charge in [0.05, 0.1) is 19.8 Å².